The molecule has 2 N–H and O–H groups in total. The Bertz CT molecular complexity index is 1210. The highest BCUT2D eigenvalue weighted by Crippen LogP contribution is 2.29. The minimum Gasteiger partial charge on any atom is -0.503 e. The predicted molar refractivity (Wildman–Crippen MR) is 107 cm³/mol. The molecule has 7 nitrogen and oxygen atoms in total. The van der Waals surface area contributed by atoms with E-state index >= 15 is 0 Å². The second kappa shape index (κ2) is 9.63. The largest absolute Gasteiger partial charge is 0.503 e. The van der Waals surface area contributed by atoms with Crippen LogP contribution < -0.4 is 5.32 Å². The molecule has 11 heteroatoms. The summed E-state index contributed by atoms with van der Waals surface area (Å²) in [5.41, 5.74) is 0.577. The fourth-order valence-corrected chi connectivity index (χ4v) is 3.01. The molecule has 1 atom stereocenters. The number of amides is 1. The lowest BCUT2D eigenvalue weighted by Gasteiger charge is -2.18. The Morgan fingerprint density at radius 1 is 1.00 bits per heavy atom. The van der Waals surface area contributed by atoms with Crippen LogP contribution in [-0.2, 0) is 16.0 Å². The molecular formula is C22H17F4N3O4. The van der Waals surface area contributed by atoms with Crippen molar-refractivity contribution < 1.29 is 37.0 Å². The zero-order valence-corrected chi connectivity index (χ0v) is 17.3. The normalized spacial score (nSPS) is 11.7. The van der Waals surface area contributed by atoms with E-state index in [1.165, 1.54) is 18.3 Å². The summed E-state index contributed by atoms with van der Waals surface area (Å²) in [6, 6.07) is 4.51. The number of carbonyl (C=O) groups excluding carboxylic acids is 2. The lowest BCUT2D eigenvalue weighted by molar-refractivity contribution is -0.142. The number of methoxy groups -OCH3 is 1. The van der Waals surface area contributed by atoms with Gasteiger partial charge < -0.3 is 15.2 Å². The number of aromatic nitrogens is 2. The van der Waals surface area contributed by atoms with E-state index in [2.05, 4.69) is 20.0 Å². The van der Waals surface area contributed by atoms with Gasteiger partial charge in [0.15, 0.2) is 17.4 Å². The van der Waals surface area contributed by atoms with Gasteiger partial charge in [-0.15, -0.1) is 0 Å². The van der Waals surface area contributed by atoms with Crippen LogP contribution in [-0.4, -0.2) is 40.1 Å². The number of rotatable bonds is 6. The van der Waals surface area contributed by atoms with Crippen LogP contribution in [0.15, 0.2) is 36.7 Å². The predicted octanol–water partition coefficient (Wildman–Crippen LogP) is 3.23. The van der Waals surface area contributed by atoms with E-state index in [0.29, 0.717) is 11.4 Å². The second-order valence-corrected chi connectivity index (χ2v) is 6.98. The monoisotopic (exact) mass is 463 g/mol. The van der Waals surface area contributed by atoms with E-state index in [-0.39, 0.29) is 5.56 Å². The first kappa shape index (κ1) is 23.6. The van der Waals surface area contributed by atoms with Crippen LogP contribution in [0.5, 0.6) is 5.75 Å². The minimum absolute atomic E-state index is 0.0289. The quantitative estimate of drug-likeness (QED) is 0.331. The summed E-state index contributed by atoms with van der Waals surface area (Å²) >= 11 is 0. The summed E-state index contributed by atoms with van der Waals surface area (Å²) in [5.74, 6) is -11.6. The maximum Gasteiger partial charge on any atom is 0.328 e. The van der Waals surface area contributed by atoms with E-state index in [1.54, 1.807) is 18.3 Å². The third-order valence-corrected chi connectivity index (χ3v) is 4.73. The third kappa shape index (κ3) is 4.92. The molecule has 1 aromatic carbocycles. The van der Waals surface area contributed by atoms with Crippen molar-refractivity contribution in [3.63, 3.8) is 0 Å². The summed E-state index contributed by atoms with van der Waals surface area (Å²) in [5, 5.41) is 11.3. The van der Waals surface area contributed by atoms with Crippen molar-refractivity contribution in [2.24, 2.45) is 0 Å². The molecule has 0 unspecified atom stereocenters. The van der Waals surface area contributed by atoms with Crippen LogP contribution in [0.4, 0.5) is 17.6 Å². The number of benzene rings is 1. The number of carbonyl (C=O) groups is 2. The van der Waals surface area contributed by atoms with Gasteiger partial charge in [0.1, 0.15) is 6.04 Å². The van der Waals surface area contributed by atoms with Crippen molar-refractivity contribution >= 4 is 11.9 Å². The number of halogens is 4. The topological polar surface area (TPSA) is 101 Å². The van der Waals surface area contributed by atoms with Gasteiger partial charge in [-0.2, -0.15) is 8.78 Å². The van der Waals surface area contributed by atoms with E-state index in [4.69, 9.17) is 5.11 Å². The summed E-state index contributed by atoms with van der Waals surface area (Å²) in [7, 11) is 0.958. The number of pyridine rings is 2. The summed E-state index contributed by atoms with van der Waals surface area (Å²) < 4.78 is 60.2. The average Bonchev–Trinajstić information content (AvgIpc) is 2.82. The molecule has 1 amide bonds. The molecule has 2 aromatic heterocycles. The first-order valence-electron chi connectivity index (χ1n) is 9.45. The maximum atomic E-state index is 14.1. The van der Waals surface area contributed by atoms with Crippen molar-refractivity contribution in [1.29, 1.82) is 0 Å². The molecule has 172 valence electrons. The molecule has 0 radical (unpaired) electrons. The molecular weight excluding hydrogens is 446 g/mol. The van der Waals surface area contributed by atoms with Crippen molar-refractivity contribution in [3.8, 4) is 17.1 Å². The molecule has 2 heterocycles. The highest BCUT2D eigenvalue weighted by atomic mass is 19.2. The molecule has 0 spiro atoms. The van der Waals surface area contributed by atoms with Crippen molar-refractivity contribution in [1.82, 2.24) is 15.3 Å². The smallest absolute Gasteiger partial charge is 0.328 e. The van der Waals surface area contributed by atoms with E-state index in [9.17, 15) is 27.2 Å². The number of nitrogens with zero attached hydrogens (tertiary/aromatic N) is 2. The van der Waals surface area contributed by atoms with Gasteiger partial charge in [-0.1, -0.05) is 0 Å². The Labute approximate surface area is 185 Å². The molecule has 0 saturated heterocycles. The first-order valence-corrected chi connectivity index (χ1v) is 9.45. The van der Waals surface area contributed by atoms with Gasteiger partial charge in [0.05, 0.1) is 18.5 Å². The summed E-state index contributed by atoms with van der Waals surface area (Å²) in [4.78, 5) is 33.2. The molecule has 0 saturated carbocycles. The Morgan fingerprint density at radius 2 is 1.58 bits per heavy atom. The van der Waals surface area contributed by atoms with E-state index in [1.807, 2.05) is 6.92 Å². The zero-order valence-electron chi connectivity index (χ0n) is 17.3. The van der Waals surface area contributed by atoms with Gasteiger partial charge in [0, 0.05) is 29.9 Å². The van der Waals surface area contributed by atoms with Crippen LogP contribution in [0.3, 0.4) is 0 Å². The van der Waals surface area contributed by atoms with Gasteiger partial charge >= 0.3 is 5.97 Å². The summed E-state index contributed by atoms with van der Waals surface area (Å²) in [6.45, 7) is 1.84. The molecule has 0 bridgehead atoms. The van der Waals surface area contributed by atoms with E-state index in [0.717, 1.165) is 12.7 Å². The summed E-state index contributed by atoms with van der Waals surface area (Å²) in [6.07, 6.45) is 1.90. The van der Waals surface area contributed by atoms with Gasteiger partial charge in [0.25, 0.3) is 5.91 Å². The number of aromatic hydroxyl groups is 1. The van der Waals surface area contributed by atoms with Crippen LogP contribution >= 0.6 is 0 Å². The average molecular weight is 463 g/mol. The molecule has 3 aromatic rings. The van der Waals surface area contributed by atoms with Gasteiger partial charge in [0.2, 0.25) is 11.6 Å². The highest BCUT2D eigenvalue weighted by molar-refractivity contribution is 5.97. The Hall–Kier alpha value is -4.02. The van der Waals surface area contributed by atoms with Crippen LogP contribution in [0.25, 0.3) is 11.4 Å². The SMILES string of the molecule is COC(=O)[C@H](Cc1c(F)c(F)c(O)c(F)c1F)NC(=O)c1ccnc(-c2cc(C)ccn2)c1. The number of ether oxygens (including phenoxy) is 1. The first-order chi connectivity index (χ1) is 15.6. The van der Waals surface area contributed by atoms with Crippen molar-refractivity contribution in [2.75, 3.05) is 7.11 Å². The number of hydrogen-bond acceptors (Lipinski definition) is 6. The van der Waals surface area contributed by atoms with Crippen molar-refractivity contribution in [2.45, 2.75) is 19.4 Å². The van der Waals surface area contributed by atoms with Crippen LogP contribution in [0, 0.1) is 30.2 Å². The highest BCUT2D eigenvalue weighted by Gasteiger charge is 2.31. The minimum atomic E-state index is -2.02. The molecule has 0 aliphatic carbocycles. The van der Waals surface area contributed by atoms with Gasteiger partial charge in [-0.05, 0) is 36.8 Å². The fourth-order valence-electron chi connectivity index (χ4n) is 3.01. The molecule has 0 aliphatic rings. The van der Waals surface area contributed by atoms with Crippen molar-refractivity contribution in [3.05, 3.63) is 76.6 Å². The van der Waals surface area contributed by atoms with Crippen LogP contribution in [0.2, 0.25) is 0 Å². The standard InChI is InChI=1S/C22H17F4N3O4/c1-10-3-5-27-13(7-10)14-8-11(4-6-28-14)21(31)29-15(22(32)33-2)9-12-16(23)18(25)20(30)19(26)17(12)24/h3-8,15,30H,9H2,1-2H3,(H,29,31)/t15-/m0/s1. The van der Waals surface area contributed by atoms with E-state index < -0.39 is 58.9 Å². The number of esters is 1. The number of nitrogens with one attached hydrogen (secondary N) is 1. The zero-order chi connectivity index (χ0) is 24.3. The molecule has 3 rings (SSSR count). The number of aryl methyl sites for hydroxylation is 1. The van der Waals surface area contributed by atoms with Crippen LogP contribution in [0.1, 0.15) is 21.5 Å². The molecule has 0 fully saturated rings. The second-order valence-electron chi connectivity index (χ2n) is 6.98. The van der Waals surface area contributed by atoms with Gasteiger partial charge in [-0.25, -0.2) is 13.6 Å². The molecule has 0 aliphatic heterocycles. The maximum absolute atomic E-state index is 14.1. The van der Waals surface area contributed by atoms with Gasteiger partial charge in [-0.3, -0.25) is 14.8 Å². The Morgan fingerprint density at radius 3 is 2.15 bits per heavy atom. The lowest BCUT2D eigenvalue weighted by Crippen LogP contribution is -2.43. The Kier molecular flexibility index (Phi) is 6.90. The number of phenols is 1. The number of phenolic OH excluding ortho intramolecular Hbond substituents is 1. The lowest BCUT2D eigenvalue weighted by atomic mass is 10.0. The fraction of sp³-hybridized carbons (Fsp3) is 0.182. The molecule has 33 heavy (non-hydrogen) atoms. The number of hydrogen-bond donors (Lipinski definition) is 2. The Balaban J connectivity index is 1.90. The third-order valence-electron chi connectivity index (χ3n) is 4.73.